The van der Waals surface area contributed by atoms with Crippen molar-refractivity contribution in [2.45, 2.75) is 40.0 Å². The van der Waals surface area contributed by atoms with Gasteiger partial charge < -0.3 is 14.2 Å². The van der Waals surface area contributed by atoms with Crippen LogP contribution in [0.1, 0.15) is 48.3 Å². The zero-order chi connectivity index (χ0) is 19.3. The van der Waals surface area contributed by atoms with E-state index >= 15 is 0 Å². The van der Waals surface area contributed by atoms with Crippen LogP contribution in [0.2, 0.25) is 0 Å². The summed E-state index contributed by atoms with van der Waals surface area (Å²) in [6, 6.07) is 3.97. The van der Waals surface area contributed by atoms with Crippen LogP contribution in [-0.2, 0) is 5.41 Å². The van der Waals surface area contributed by atoms with E-state index in [1.165, 1.54) is 0 Å². The summed E-state index contributed by atoms with van der Waals surface area (Å²) in [6.07, 6.45) is 1.67. The minimum atomic E-state index is 0.0110. The smallest absolute Gasteiger partial charge is 0.257 e. The number of carbonyl (C=O) groups excluding carboxylic acids is 1. The van der Waals surface area contributed by atoms with Crippen LogP contribution >= 0.6 is 0 Å². The lowest BCUT2D eigenvalue weighted by molar-refractivity contribution is 0.0781. The minimum absolute atomic E-state index is 0.0110. The molecule has 6 nitrogen and oxygen atoms in total. The molecule has 0 N–H and O–H groups in total. The van der Waals surface area contributed by atoms with Crippen LogP contribution in [0.5, 0.6) is 0 Å². The Morgan fingerprint density at radius 3 is 2.30 bits per heavy atom. The van der Waals surface area contributed by atoms with Crippen molar-refractivity contribution < 1.29 is 9.21 Å². The van der Waals surface area contributed by atoms with E-state index in [1.54, 1.807) is 6.33 Å². The van der Waals surface area contributed by atoms with Crippen LogP contribution in [0.4, 0.5) is 5.82 Å². The van der Waals surface area contributed by atoms with Gasteiger partial charge in [-0.2, -0.15) is 0 Å². The Balaban J connectivity index is 1.44. The van der Waals surface area contributed by atoms with E-state index in [0.29, 0.717) is 23.2 Å². The van der Waals surface area contributed by atoms with Crippen LogP contribution in [0, 0.1) is 25.7 Å². The molecule has 2 aromatic heterocycles. The zero-order valence-electron chi connectivity index (χ0n) is 16.8. The lowest BCUT2D eigenvalue weighted by Gasteiger charge is -2.24. The second kappa shape index (κ2) is 6.36. The van der Waals surface area contributed by atoms with Gasteiger partial charge in [-0.15, -0.1) is 0 Å². The van der Waals surface area contributed by atoms with Gasteiger partial charge in [0.2, 0.25) is 0 Å². The molecule has 1 amide bonds. The highest BCUT2D eigenvalue weighted by Crippen LogP contribution is 2.35. The van der Waals surface area contributed by atoms with Crippen LogP contribution < -0.4 is 4.90 Å². The number of fused-ring (bicyclic) bond motifs is 1. The Hall–Kier alpha value is -2.37. The standard InChI is InChI=1S/C21H28N4O2/c1-13-6-17(14(2)27-13)20(26)25-10-15-8-24(9-16(15)11-25)19-7-18(21(3,4)5)22-12-23-19/h6-7,12,15-16H,8-11H2,1-5H3. The van der Waals surface area contributed by atoms with E-state index in [0.717, 1.165) is 43.5 Å². The maximum atomic E-state index is 12.9. The highest BCUT2D eigenvalue weighted by Gasteiger charge is 2.42. The first-order chi connectivity index (χ1) is 12.7. The van der Waals surface area contributed by atoms with Gasteiger partial charge in [-0.3, -0.25) is 4.79 Å². The summed E-state index contributed by atoms with van der Waals surface area (Å²) in [4.78, 5) is 26.1. The Morgan fingerprint density at radius 2 is 1.74 bits per heavy atom. The Bertz CT molecular complexity index is 853. The number of amides is 1. The zero-order valence-corrected chi connectivity index (χ0v) is 16.8. The third kappa shape index (κ3) is 3.33. The molecular weight excluding hydrogens is 340 g/mol. The number of anilines is 1. The second-order valence-corrected chi connectivity index (χ2v) is 8.97. The Morgan fingerprint density at radius 1 is 1.07 bits per heavy atom. The predicted octanol–water partition coefficient (Wildman–Crippen LogP) is 3.19. The first kappa shape index (κ1) is 18.0. The normalized spacial score (nSPS) is 22.4. The molecule has 4 heterocycles. The molecule has 0 aliphatic carbocycles. The Kier molecular flexibility index (Phi) is 4.24. The first-order valence-electron chi connectivity index (χ1n) is 9.66. The number of carbonyl (C=O) groups is 1. The van der Waals surface area contributed by atoms with Crippen molar-refractivity contribution in [2.75, 3.05) is 31.1 Å². The number of aromatic nitrogens is 2. The number of hydrogen-bond acceptors (Lipinski definition) is 5. The molecule has 2 aliphatic heterocycles. The van der Waals surface area contributed by atoms with Crippen molar-refractivity contribution in [3.63, 3.8) is 0 Å². The third-order valence-corrected chi connectivity index (χ3v) is 5.79. The topological polar surface area (TPSA) is 62.5 Å². The molecule has 2 saturated heterocycles. The van der Waals surface area contributed by atoms with E-state index in [2.05, 4.69) is 41.7 Å². The molecule has 0 saturated carbocycles. The van der Waals surface area contributed by atoms with Gasteiger partial charge in [-0.05, 0) is 19.9 Å². The van der Waals surface area contributed by atoms with Gasteiger partial charge in [0.05, 0.1) is 11.3 Å². The van der Waals surface area contributed by atoms with Gasteiger partial charge in [0.25, 0.3) is 5.91 Å². The maximum absolute atomic E-state index is 12.9. The summed E-state index contributed by atoms with van der Waals surface area (Å²) >= 11 is 0. The maximum Gasteiger partial charge on any atom is 0.257 e. The molecule has 0 bridgehead atoms. The van der Waals surface area contributed by atoms with Crippen molar-refractivity contribution >= 4 is 11.7 Å². The van der Waals surface area contributed by atoms with Crippen LogP contribution in [-0.4, -0.2) is 47.0 Å². The largest absolute Gasteiger partial charge is 0.466 e. The molecule has 2 unspecified atom stereocenters. The molecule has 2 atom stereocenters. The number of nitrogens with zero attached hydrogens (tertiary/aromatic N) is 4. The average molecular weight is 368 g/mol. The summed E-state index contributed by atoms with van der Waals surface area (Å²) < 4.78 is 5.53. The van der Waals surface area contributed by atoms with E-state index in [1.807, 2.05) is 24.8 Å². The highest BCUT2D eigenvalue weighted by atomic mass is 16.3. The van der Waals surface area contributed by atoms with Gasteiger partial charge in [0.1, 0.15) is 23.7 Å². The fraction of sp³-hybridized carbons (Fsp3) is 0.571. The van der Waals surface area contributed by atoms with Gasteiger partial charge >= 0.3 is 0 Å². The number of furan rings is 1. The number of likely N-dealkylation sites (tertiary alicyclic amines) is 1. The molecule has 6 heteroatoms. The SMILES string of the molecule is Cc1cc(C(=O)N2CC3CN(c4cc(C(C)(C)C)ncn4)CC3C2)c(C)o1. The van der Waals surface area contributed by atoms with E-state index in [-0.39, 0.29) is 11.3 Å². The molecule has 0 aromatic carbocycles. The van der Waals surface area contributed by atoms with Crippen molar-refractivity contribution in [2.24, 2.45) is 11.8 Å². The molecule has 0 spiro atoms. The molecule has 2 aliphatic rings. The fourth-order valence-electron chi connectivity index (χ4n) is 4.29. The van der Waals surface area contributed by atoms with E-state index < -0.39 is 0 Å². The van der Waals surface area contributed by atoms with Gasteiger partial charge in [-0.25, -0.2) is 9.97 Å². The number of hydrogen-bond donors (Lipinski definition) is 0. The monoisotopic (exact) mass is 368 g/mol. The van der Waals surface area contributed by atoms with Crippen LogP contribution in [0.15, 0.2) is 22.9 Å². The lowest BCUT2D eigenvalue weighted by Crippen LogP contribution is -2.33. The molecule has 2 aromatic rings. The quantitative estimate of drug-likeness (QED) is 0.815. The van der Waals surface area contributed by atoms with Gasteiger partial charge in [0, 0.05) is 49.5 Å². The third-order valence-electron chi connectivity index (χ3n) is 5.79. The van der Waals surface area contributed by atoms with Crippen LogP contribution in [0.3, 0.4) is 0 Å². The van der Waals surface area contributed by atoms with Crippen LogP contribution in [0.25, 0.3) is 0 Å². The minimum Gasteiger partial charge on any atom is -0.466 e. The lowest BCUT2D eigenvalue weighted by atomic mass is 9.92. The fourth-order valence-corrected chi connectivity index (χ4v) is 4.29. The summed E-state index contributed by atoms with van der Waals surface area (Å²) in [5.74, 6) is 3.60. The molecule has 144 valence electrons. The van der Waals surface area contributed by atoms with Gasteiger partial charge in [-0.1, -0.05) is 20.8 Å². The molecular formula is C21H28N4O2. The van der Waals surface area contributed by atoms with E-state index in [9.17, 15) is 4.79 Å². The Labute approximate surface area is 160 Å². The second-order valence-electron chi connectivity index (χ2n) is 8.97. The number of aryl methyl sites for hydroxylation is 2. The number of rotatable bonds is 2. The predicted molar refractivity (Wildman–Crippen MR) is 104 cm³/mol. The van der Waals surface area contributed by atoms with Crippen molar-refractivity contribution in [1.82, 2.24) is 14.9 Å². The van der Waals surface area contributed by atoms with E-state index in [4.69, 9.17) is 4.42 Å². The molecule has 0 radical (unpaired) electrons. The summed E-state index contributed by atoms with van der Waals surface area (Å²) in [7, 11) is 0. The highest BCUT2D eigenvalue weighted by molar-refractivity contribution is 5.95. The molecule has 27 heavy (non-hydrogen) atoms. The van der Waals surface area contributed by atoms with Gasteiger partial charge in [0.15, 0.2) is 0 Å². The summed E-state index contributed by atoms with van der Waals surface area (Å²) in [6.45, 7) is 13.7. The average Bonchev–Trinajstić information content (AvgIpc) is 3.26. The van der Waals surface area contributed by atoms with Crippen molar-refractivity contribution in [3.8, 4) is 0 Å². The molecule has 4 rings (SSSR count). The summed E-state index contributed by atoms with van der Waals surface area (Å²) in [5.41, 5.74) is 1.78. The molecule has 2 fully saturated rings. The van der Waals surface area contributed by atoms with Crippen molar-refractivity contribution in [3.05, 3.63) is 41.2 Å². The first-order valence-corrected chi connectivity index (χ1v) is 9.66. The summed E-state index contributed by atoms with van der Waals surface area (Å²) in [5, 5.41) is 0. The van der Waals surface area contributed by atoms with Crippen molar-refractivity contribution in [1.29, 1.82) is 0 Å².